The van der Waals surface area contributed by atoms with Gasteiger partial charge in [-0.2, -0.15) is 0 Å². The smallest absolute Gasteiger partial charge is 0.410 e. The van der Waals surface area contributed by atoms with E-state index < -0.39 is 33.7 Å². The molecule has 1 amide bonds. The van der Waals surface area contributed by atoms with Crippen molar-refractivity contribution in [2.75, 3.05) is 33.5 Å². The maximum absolute atomic E-state index is 14.1. The number of hydrogen-bond acceptors (Lipinski definition) is 13. The number of nitro groups is 2. The SMILES string of the molecule is C=CCOC12Oc3ccc(Oc4cccc([N+](=O)[O-])c4)cc3C3C(CCCCO)C(CCCCO)C=C(C(=NOCc4ccc([N+](=O)[O-])cc4)CC1N(C)C(=O)OCC(C)(C)C)C32. The maximum Gasteiger partial charge on any atom is 0.410 e. The van der Waals surface area contributed by atoms with Crippen LogP contribution in [0.25, 0.3) is 0 Å². The van der Waals surface area contributed by atoms with E-state index in [2.05, 4.69) is 12.7 Å². The highest BCUT2D eigenvalue weighted by Gasteiger charge is 2.65. The van der Waals surface area contributed by atoms with E-state index in [1.807, 2.05) is 26.8 Å². The summed E-state index contributed by atoms with van der Waals surface area (Å²) in [6.45, 7) is 10.2. The normalized spacial score (nSPS) is 23.0. The molecule has 0 spiro atoms. The van der Waals surface area contributed by atoms with Gasteiger partial charge in [0.1, 0.15) is 29.9 Å². The predicted octanol–water partition coefficient (Wildman–Crippen LogP) is 9.24. The monoisotopic (exact) mass is 870 g/mol. The van der Waals surface area contributed by atoms with Crippen molar-refractivity contribution in [2.24, 2.45) is 28.3 Å². The highest BCUT2D eigenvalue weighted by molar-refractivity contribution is 6.03. The van der Waals surface area contributed by atoms with Crippen LogP contribution in [0.2, 0.25) is 0 Å². The van der Waals surface area contributed by atoms with E-state index in [1.54, 1.807) is 49.5 Å². The Labute approximate surface area is 367 Å². The van der Waals surface area contributed by atoms with E-state index in [4.69, 9.17) is 28.9 Å². The molecule has 338 valence electrons. The molecule has 0 radical (unpaired) electrons. The number of amides is 1. The fraction of sp³-hybridized carbons (Fsp3) is 0.489. The fourth-order valence-electron chi connectivity index (χ4n) is 8.99. The van der Waals surface area contributed by atoms with Gasteiger partial charge in [-0.05, 0) is 90.5 Å². The molecule has 3 aliphatic rings. The van der Waals surface area contributed by atoms with Gasteiger partial charge >= 0.3 is 6.09 Å². The topological polar surface area (TPSA) is 206 Å². The minimum Gasteiger partial charge on any atom is -0.459 e. The van der Waals surface area contributed by atoms with E-state index in [0.717, 1.165) is 24.0 Å². The molecule has 1 saturated carbocycles. The molecule has 1 fully saturated rings. The number of likely N-dealkylation sites (N-methyl/N-ethyl adjacent to an activating group) is 1. The lowest BCUT2D eigenvalue weighted by Crippen LogP contribution is -2.69. The number of allylic oxidation sites excluding steroid dienone is 1. The Morgan fingerprint density at radius 3 is 2.33 bits per heavy atom. The van der Waals surface area contributed by atoms with Gasteiger partial charge in [0.25, 0.3) is 11.4 Å². The first-order valence-corrected chi connectivity index (χ1v) is 21.4. The molecule has 1 heterocycles. The van der Waals surface area contributed by atoms with Crippen LogP contribution in [-0.4, -0.2) is 82.1 Å². The number of fused-ring (bicyclic) bond motifs is 2. The van der Waals surface area contributed by atoms with Gasteiger partial charge in [0.2, 0.25) is 5.79 Å². The van der Waals surface area contributed by atoms with Crippen LogP contribution >= 0.6 is 0 Å². The predicted molar refractivity (Wildman–Crippen MR) is 235 cm³/mol. The van der Waals surface area contributed by atoms with E-state index >= 15 is 0 Å². The van der Waals surface area contributed by atoms with Crippen LogP contribution in [0.15, 0.2) is 96.2 Å². The van der Waals surface area contributed by atoms with Crippen molar-refractivity contribution >= 4 is 23.2 Å². The highest BCUT2D eigenvalue weighted by Crippen LogP contribution is 2.62. The van der Waals surface area contributed by atoms with Crippen LogP contribution in [0.1, 0.15) is 82.8 Å². The number of aliphatic hydroxyl groups excluding tert-OH is 2. The zero-order valence-corrected chi connectivity index (χ0v) is 36.4. The number of nitrogens with zero attached hydrogens (tertiary/aromatic N) is 4. The molecule has 0 saturated heterocycles. The van der Waals surface area contributed by atoms with Gasteiger partial charge in [-0.3, -0.25) is 20.2 Å². The summed E-state index contributed by atoms with van der Waals surface area (Å²) in [6, 6.07) is 16.6. The number of ether oxygens (including phenoxy) is 4. The molecule has 1 aliphatic heterocycles. The Morgan fingerprint density at radius 2 is 1.67 bits per heavy atom. The Hall–Kier alpha value is -5.84. The van der Waals surface area contributed by atoms with Crippen LogP contribution in [0.5, 0.6) is 17.2 Å². The van der Waals surface area contributed by atoms with Crippen LogP contribution in [0, 0.1) is 43.4 Å². The molecule has 16 heteroatoms. The molecule has 6 unspecified atom stereocenters. The van der Waals surface area contributed by atoms with Gasteiger partial charge in [-0.15, -0.1) is 6.58 Å². The summed E-state index contributed by atoms with van der Waals surface area (Å²) in [5, 5.41) is 47.5. The largest absolute Gasteiger partial charge is 0.459 e. The number of rotatable bonds is 20. The number of aliphatic hydroxyl groups is 2. The minimum absolute atomic E-state index is 0.0104. The number of carbonyl (C=O) groups excluding carboxylic acids is 1. The highest BCUT2D eigenvalue weighted by atomic mass is 16.7. The second-order valence-corrected chi connectivity index (χ2v) is 17.6. The molecular weight excluding hydrogens is 813 g/mol. The third-order valence-electron chi connectivity index (χ3n) is 11.8. The molecule has 16 nitrogen and oxygen atoms in total. The van der Waals surface area contributed by atoms with Crippen molar-refractivity contribution in [3.63, 3.8) is 0 Å². The lowest BCUT2D eigenvalue weighted by Gasteiger charge is -2.59. The standard InChI is InChI=1S/C47H58N4O12/c1-6-24-60-47-42(49(5)45(54)59-30-46(2,3)4)28-40(48-61-29-31-16-18-33(19-17-31)50(55)56)38-25-32(12-7-9-22-52)37(15-8-10-23-53)43(44(38)47)39-27-36(20-21-41(39)63-47)62-35-14-11-13-34(26-35)51(57)58/h6,11,13-14,16-21,25-27,32,37,42-44,52-53H,1,7-10,12,15,22-24,28-30H2,2-5H3. The van der Waals surface area contributed by atoms with E-state index in [1.165, 1.54) is 29.2 Å². The lowest BCUT2D eigenvalue weighted by atomic mass is 9.55. The molecule has 6 rings (SSSR count). The summed E-state index contributed by atoms with van der Waals surface area (Å²) in [6.07, 6.45) is 7.48. The number of nitro benzene ring substituents is 2. The van der Waals surface area contributed by atoms with Crippen molar-refractivity contribution in [3.8, 4) is 17.2 Å². The van der Waals surface area contributed by atoms with E-state index in [-0.39, 0.29) is 79.7 Å². The average Bonchev–Trinajstić information content (AvgIpc) is 3.26. The molecule has 63 heavy (non-hydrogen) atoms. The fourth-order valence-corrected chi connectivity index (χ4v) is 8.99. The summed E-state index contributed by atoms with van der Waals surface area (Å²) < 4.78 is 26.3. The number of carbonyl (C=O) groups is 1. The molecule has 2 aliphatic carbocycles. The summed E-state index contributed by atoms with van der Waals surface area (Å²) in [5.74, 6) is -1.37. The first-order valence-electron chi connectivity index (χ1n) is 21.4. The van der Waals surface area contributed by atoms with Crippen molar-refractivity contribution < 1.29 is 48.6 Å². The number of non-ortho nitro benzene ring substituents is 2. The summed E-state index contributed by atoms with van der Waals surface area (Å²) in [5.41, 5.74) is 2.35. The van der Waals surface area contributed by atoms with Gasteiger partial charge < -0.3 is 38.9 Å². The van der Waals surface area contributed by atoms with Crippen LogP contribution in [-0.2, 0) is 20.9 Å². The summed E-state index contributed by atoms with van der Waals surface area (Å²) in [7, 11) is 1.65. The molecule has 2 N–H and O–H groups in total. The average molecular weight is 871 g/mol. The Morgan fingerprint density at radius 1 is 0.968 bits per heavy atom. The quantitative estimate of drug-likeness (QED) is 0.0472. The third kappa shape index (κ3) is 10.9. The van der Waals surface area contributed by atoms with E-state index in [0.29, 0.717) is 48.5 Å². The number of oxime groups is 1. The summed E-state index contributed by atoms with van der Waals surface area (Å²) >= 11 is 0. The zero-order valence-electron chi connectivity index (χ0n) is 36.4. The number of benzene rings is 3. The molecule has 3 aromatic rings. The van der Waals surface area contributed by atoms with Crippen molar-refractivity contribution in [1.29, 1.82) is 0 Å². The molecular formula is C47H58N4O12. The Kier molecular flexibility index (Phi) is 15.2. The first-order chi connectivity index (χ1) is 30.2. The van der Waals surface area contributed by atoms with Crippen LogP contribution in [0.3, 0.4) is 0 Å². The van der Waals surface area contributed by atoms with Crippen molar-refractivity contribution in [3.05, 3.63) is 122 Å². The Balaban J connectivity index is 1.54. The number of hydrogen-bond donors (Lipinski definition) is 2. The molecule has 3 aromatic carbocycles. The van der Waals surface area contributed by atoms with Gasteiger partial charge in [0, 0.05) is 56.4 Å². The number of unbranched alkanes of at least 4 members (excludes halogenated alkanes) is 2. The molecule has 6 atom stereocenters. The minimum atomic E-state index is -1.52. The molecule has 0 bridgehead atoms. The Bertz CT molecular complexity index is 2170. The molecule has 0 aromatic heterocycles. The third-order valence-corrected chi connectivity index (χ3v) is 11.8. The van der Waals surface area contributed by atoms with Gasteiger partial charge in [-0.25, -0.2) is 4.79 Å². The van der Waals surface area contributed by atoms with Crippen molar-refractivity contribution in [2.45, 2.75) is 90.1 Å². The van der Waals surface area contributed by atoms with Gasteiger partial charge in [-0.1, -0.05) is 57.0 Å². The zero-order chi connectivity index (χ0) is 45.3. The lowest BCUT2D eigenvalue weighted by molar-refractivity contribution is -0.385. The van der Waals surface area contributed by atoms with Gasteiger partial charge in [0.15, 0.2) is 0 Å². The second kappa shape index (κ2) is 20.6. The van der Waals surface area contributed by atoms with Crippen LogP contribution < -0.4 is 9.47 Å². The van der Waals surface area contributed by atoms with Crippen molar-refractivity contribution in [1.82, 2.24) is 4.90 Å². The van der Waals surface area contributed by atoms with Gasteiger partial charge in [0.05, 0.1) is 40.8 Å². The summed E-state index contributed by atoms with van der Waals surface area (Å²) in [4.78, 5) is 43.7. The van der Waals surface area contributed by atoms with Crippen LogP contribution in [0.4, 0.5) is 16.2 Å². The second-order valence-electron chi connectivity index (χ2n) is 17.6. The first kappa shape index (κ1) is 46.7. The maximum atomic E-state index is 14.1. The van der Waals surface area contributed by atoms with E-state index in [9.17, 15) is 35.2 Å².